The van der Waals surface area contributed by atoms with Crippen molar-refractivity contribution in [3.05, 3.63) is 56.6 Å². The minimum absolute atomic E-state index is 0.0600. The predicted octanol–water partition coefficient (Wildman–Crippen LogP) is 4.66. The zero-order chi connectivity index (χ0) is 15.4. The molecule has 0 heterocycles. The molecule has 0 fully saturated rings. The lowest BCUT2D eigenvalue weighted by molar-refractivity contribution is -0.384. The second-order valence-electron chi connectivity index (χ2n) is 3.79. The van der Waals surface area contributed by atoms with E-state index in [9.17, 15) is 14.9 Å². The average Bonchev–Trinajstić information content (AvgIpc) is 2.44. The molecule has 0 unspecified atom stereocenters. The van der Waals surface area contributed by atoms with Crippen LogP contribution < -0.4 is 4.74 Å². The number of hydrogen-bond acceptors (Lipinski definition) is 5. The normalized spacial score (nSPS) is 9.81. The molecule has 2 rings (SSSR count). The van der Waals surface area contributed by atoms with Crippen LogP contribution in [0.5, 0.6) is 11.5 Å². The number of halogens is 2. The van der Waals surface area contributed by atoms with E-state index in [1.807, 2.05) is 0 Å². The van der Waals surface area contributed by atoms with Gasteiger partial charge in [0.05, 0.1) is 20.7 Å². The molecule has 0 atom stereocenters. The molecule has 0 aliphatic rings. The minimum atomic E-state index is -0.518. The third-order valence-corrected chi connectivity index (χ3v) is 2.99. The third-order valence-electron chi connectivity index (χ3n) is 2.43. The standard InChI is InChI=1S/C13H6Cl2N2O4/c14-11-5-8(16-7-18)6-12(15)13(11)21-10-3-1-9(2-4-10)17(19)20/h1-6H. The summed E-state index contributed by atoms with van der Waals surface area (Å²) < 4.78 is 5.48. The van der Waals surface area contributed by atoms with Crippen molar-refractivity contribution in [3.8, 4) is 11.5 Å². The van der Waals surface area contributed by atoms with Gasteiger partial charge in [-0.05, 0) is 24.3 Å². The lowest BCUT2D eigenvalue weighted by Crippen LogP contribution is -1.89. The SMILES string of the molecule is O=C=Nc1cc(Cl)c(Oc2ccc([N+](=O)[O-])cc2)c(Cl)c1. The van der Waals surface area contributed by atoms with Crippen LogP contribution in [-0.4, -0.2) is 11.0 Å². The van der Waals surface area contributed by atoms with Crippen LogP contribution >= 0.6 is 23.2 Å². The summed E-state index contributed by atoms with van der Waals surface area (Å²) in [5.74, 6) is 0.494. The molecule has 0 aliphatic carbocycles. The van der Waals surface area contributed by atoms with Crippen LogP contribution in [0, 0.1) is 10.1 Å². The molecule has 0 aromatic heterocycles. The molecule has 0 amide bonds. The third kappa shape index (κ3) is 3.58. The average molecular weight is 325 g/mol. The number of aliphatic imine (C=N–C) groups is 1. The fraction of sp³-hybridized carbons (Fsp3) is 0. The molecule has 0 spiro atoms. The van der Waals surface area contributed by atoms with Crippen LogP contribution in [0.4, 0.5) is 11.4 Å². The van der Waals surface area contributed by atoms with E-state index in [0.717, 1.165) is 0 Å². The molecule has 0 radical (unpaired) electrons. The molecule has 0 N–H and O–H groups in total. The summed E-state index contributed by atoms with van der Waals surface area (Å²) in [4.78, 5) is 23.6. The summed E-state index contributed by atoms with van der Waals surface area (Å²) in [6, 6.07) is 8.20. The Labute approximate surface area is 128 Å². The fourth-order valence-electron chi connectivity index (χ4n) is 1.52. The summed E-state index contributed by atoms with van der Waals surface area (Å²) in [5.41, 5.74) is 0.186. The van der Waals surface area contributed by atoms with Crippen LogP contribution in [0.1, 0.15) is 0 Å². The van der Waals surface area contributed by atoms with Gasteiger partial charge in [0.15, 0.2) is 5.75 Å². The van der Waals surface area contributed by atoms with E-state index in [0.29, 0.717) is 5.75 Å². The molecule has 8 heteroatoms. The molecule has 2 aromatic rings. The number of carbonyl (C=O) groups excluding carboxylic acids is 1. The van der Waals surface area contributed by atoms with Gasteiger partial charge in [-0.3, -0.25) is 10.1 Å². The molecular weight excluding hydrogens is 319 g/mol. The Balaban J connectivity index is 2.31. The fourth-order valence-corrected chi connectivity index (χ4v) is 2.07. The summed E-state index contributed by atoms with van der Waals surface area (Å²) in [5, 5.41) is 10.9. The topological polar surface area (TPSA) is 81.8 Å². The van der Waals surface area contributed by atoms with Crippen LogP contribution in [0.2, 0.25) is 10.0 Å². The lowest BCUT2D eigenvalue weighted by Gasteiger charge is -2.09. The quantitative estimate of drug-likeness (QED) is 0.354. The number of rotatable bonds is 4. The number of nitro groups is 1. The Morgan fingerprint density at radius 3 is 2.19 bits per heavy atom. The Morgan fingerprint density at radius 2 is 1.71 bits per heavy atom. The number of nitro benzene ring substituents is 1. The van der Waals surface area contributed by atoms with Gasteiger partial charge in [-0.15, -0.1) is 0 Å². The largest absolute Gasteiger partial charge is 0.454 e. The van der Waals surface area contributed by atoms with E-state index < -0.39 is 4.92 Å². The van der Waals surface area contributed by atoms with Gasteiger partial charge in [0.2, 0.25) is 6.08 Å². The number of isocyanates is 1. The highest BCUT2D eigenvalue weighted by atomic mass is 35.5. The van der Waals surface area contributed by atoms with Gasteiger partial charge in [0.1, 0.15) is 5.75 Å². The van der Waals surface area contributed by atoms with Gasteiger partial charge in [-0.2, -0.15) is 4.99 Å². The maximum absolute atomic E-state index is 10.6. The van der Waals surface area contributed by atoms with Crippen molar-refractivity contribution < 1.29 is 14.5 Å². The Bertz CT molecular complexity index is 717. The highest BCUT2D eigenvalue weighted by Gasteiger charge is 2.12. The zero-order valence-electron chi connectivity index (χ0n) is 10.2. The van der Waals surface area contributed by atoms with Crippen LogP contribution in [0.15, 0.2) is 41.4 Å². The van der Waals surface area contributed by atoms with Gasteiger partial charge in [-0.25, -0.2) is 4.79 Å². The summed E-state index contributed by atoms with van der Waals surface area (Å²) in [6.45, 7) is 0. The second-order valence-corrected chi connectivity index (χ2v) is 4.61. The Morgan fingerprint density at radius 1 is 1.14 bits per heavy atom. The lowest BCUT2D eigenvalue weighted by atomic mass is 10.3. The smallest absolute Gasteiger partial charge is 0.269 e. The van der Waals surface area contributed by atoms with Crippen LogP contribution in [-0.2, 0) is 4.79 Å². The number of benzene rings is 2. The molecule has 106 valence electrons. The molecule has 6 nitrogen and oxygen atoms in total. The van der Waals surface area contributed by atoms with Crippen LogP contribution in [0.25, 0.3) is 0 Å². The van der Waals surface area contributed by atoms with Crippen molar-refractivity contribution in [1.29, 1.82) is 0 Å². The molecule has 0 bridgehead atoms. The molecule has 0 aliphatic heterocycles. The van der Waals surface area contributed by atoms with Crippen molar-refractivity contribution in [1.82, 2.24) is 0 Å². The van der Waals surface area contributed by atoms with E-state index in [4.69, 9.17) is 27.9 Å². The highest BCUT2D eigenvalue weighted by Crippen LogP contribution is 2.39. The maximum Gasteiger partial charge on any atom is 0.269 e. The van der Waals surface area contributed by atoms with Crippen molar-refractivity contribution >= 4 is 40.7 Å². The van der Waals surface area contributed by atoms with E-state index in [-0.39, 0.29) is 27.2 Å². The minimum Gasteiger partial charge on any atom is -0.454 e. The number of non-ortho nitro benzene ring substituents is 1. The number of nitrogens with zero attached hydrogens (tertiary/aromatic N) is 2. The van der Waals surface area contributed by atoms with E-state index in [2.05, 4.69) is 4.99 Å². The number of ether oxygens (including phenoxy) is 1. The molecule has 0 saturated heterocycles. The second kappa shape index (κ2) is 6.37. The van der Waals surface area contributed by atoms with Crippen molar-refractivity contribution in [2.75, 3.05) is 0 Å². The Kier molecular flexibility index (Phi) is 4.55. The monoisotopic (exact) mass is 324 g/mol. The zero-order valence-corrected chi connectivity index (χ0v) is 11.8. The van der Waals surface area contributed by atoms with Crippen molar-refractivity contribution in [2.45, 2.75) is 0 Å². The van der Waals surface area contributed by atoms with Crippen molar-refractivity contribution in [3.63, 3.8) is 0 Å². The van der Waals surface area contributed by atoms with Gasteiger partial charge >= 0.3 is 0 Å². The molecular formula is C13H6Cl2N2O4. The van der Waals surface area contributed by atoms with Gasteiger partial charge < -0.3 is 4.74 Å². The van der Waals surface area contributed by atoms with Crippen molar-refractivity contribution in [2.24, 2.45) is 4.99 Å². The highest BCUT2D eigenvalue weighted by molar-refractivity contribution is 6.37. The predicted molar refractivity (Wildman–Crippen MR) is 77.4 cm³/mol. The van der Waals surface area contributed by atoms with Gasteiger partial charge in [-0.1, -0.05) is 23.2 Å². The first kappa shape index (κ1) is 15.0. The summed E-state index contributed by atoms with van der Waals surface area (Å²) in [7, 11) is 0. The Hall–Kier alpha value is -2.40. The summed E-state index contributed by atoms with van der Waals surface area (Å²) in [6.07, 6.45) is 1.38. The molecule has 2 aromatic carbocycles. The molecule has 0 saturated carbocycles. The van der Waals surface area contributed by atoms with Gasteiger partial charge in [0.25, 0.3) is 5.69 Å². The van der Waals surface area contributed by atoms with Gasteiger partial charge in [0, 0.05) is 12.1 Å². The summed E-state index contributed by atoms with van der Waals surface area (Å²) >= 11 is 12.0. The van der Waals surface area contributed by atoms with Crippen LogP contribution in [0.3, 0.4) is 0 Å². The first-order chi connectivity index (χ1) is 10.0. The first-order valence-electron chi connectivity index (χ1n) is 5.50. The van der Waals surface area contributed by atoms with E-state index in [1.54, 1.807) is 0 Å². The number of hydrogen-bond donors (Lipinski definition) is 0. The van der Waals surface area contributed by atoms with E-state index >= 15 is 0 Å². The van der Waals surface area contributed by atoms with E-state index in [1.165, 1.54) is 42.5 Å². The first-order valence-corrected chi connectivity index (χ1v) is 6.26. The molecule has 21 heavy (non-hydrogen) atoms. The maximum atomic E-state index is 10.6.